The maximum absolute atomic E-state index is 12.9. The smallest absolute Gasteiger partial charge is 0.471 e. The lowest BCUT2D eigenvalue weighted by atomic mass is 9.59. The van der Waals surface area contributed by atoms with Crippen molar-refractivity contribution in [3.63, 3.8) is 0 Å². The highest BCUT2D eigenvalue weighted by Crippen LogP contribution is 2.50. The second kappa shape index (κ2) is 5.13. The molecular weight excluding hydrogens is 321 g/mol. The number of halogens is 3. The van der Waals surface area contributed by atoms with E-state index in [0.717, 1.165) is 16.0 Å². The predicted molar refractivity (Wildman–Crippen MR) is 79.2 cm³/mol. The van der Waals surface area contributed by atoms with Gasteiger partial charge in [-0.1, -0.05) is 13.8 Å². The number of carbonyl (C=O) groups excluding carboxylic acids is 1. The molecule has 128 valence electrons. The van der Waals surface area contributed by atoms with Crippen LogP contribution in [0.5, 0.6) is 5.75 Å². The SMILES string of the molecule is C[C@H]1[C@H]2Cc3cc(C#N)c(O)cc3[C@]1(C)CCN2C(=O)C(F)(F)F. The van der Waals surface area contributed by atoms with Gasteiger partial charge in [-0.2, -0.15) is 18.4 Å². The van der Waals surface area contributed by atoms with Gasteiger partial charge in [0, 0.05) is 12.6 Å². The number of fused-ring (bicyclic) bond motifs is 4. The maximum Gasteiger partial charge on any atom is 0.471 e. The molecule has 1 amide bonds. The van der Waals surface area contributed by atoms with Crippen LogP contribution < -0.4 is 0 Å². The molecule has 1 N–H and O–H groups in total. The molecule has 1 aromatic carbocycles. The van der Waals surface area contributed by atoms with Gasteiger partial charge in [0.2, 0.25) is 0 Å². The highest BCUT2D eigenvalue weighted by Gasteiger charge is 2.54. The van der Waals surface area contributed by atoms with Crippen molar-refractivity contribution >= 4 is 5.91 Å². The highest BCUT2D eigenvalue weighted by atomic mass is 19.4. The zero-order valence-electron chi connectivity index (χ0n) is 13.3. The Balaban J connectivity index is 2.08. The Kier molecular flexibility index (Phi) is 3.55. The van der Waals surface area contributed by atoms with E-state index in [2.05, 4.69) is 0 Å². The first-order valence-corrected chi connectivity index (χ1v) is 7.74. The molecule has 2 bridgehead atoms. The fraction of sp³-hybridized carbons (Fsp3) is 0.529. The van der Waals surface area contributed by atoms with E-state index in [0.29, 0.717) is 6.42 Å². The third-order valence-electron chi connectivity index (χ3n) is 5.74. The molecule has 1 heterocycles. The van der Waals surface area contributed by atoms with Crippen molar-refractivity contribution in [2.75, 3.05) is 6.54 Å². The van der Waals surface area contributed by atoms with Crippen LogP contribution in [-0.2, 0) is 16.6 Å². The Morgan fingerprint density at radius 1 is 1.46 bits per heavy atom. The number of amides is 1. The van der Waals surface area contributed by atoms with Gasteiger partial charge >= 0.3 is 12.1 Å². The van der Waals surface area contributed by atoms with Gasteiger partial charge < -0.3 is 10.0 Å². The quantitative estimate of drug-likeness (QED) is 0.791. The number of aromatic hydroxyl groups is 1. The van der Waals surface area contributed by atoms with E-state index in [1.54, 1.807) is 6.07 Å². The van der Waals surface area contributed by atoms with Crippen molar-refractivity contribution in [1.29, 1.82) is 5.26 Å². The summed E-state index contributed by atoms with van der Waals surface area (Å²) in [6.45, 7) is 3.83. The minimum atomic E-state index is -4.89. The lowest BCUT2D eigenvalue weighted by Gasteiger charge is -2.54. The van der Waals surface area contributed by atoms with Crippen molar-refractivity contribution in [2.24, 2.45) is 5.92 Å². The molecule has 2 aliphatic rings. The van der Waals surface area contributed by atoms with Gasteiger partial charge in [-0.3, -0.25) is 4.79 Å². The summed E-state index contributed by atoms with van der Waals surface area (Å²) in [5, 5.41) is 19.0. The van der Waals surface area contributed by atoms with E-state index in [4.69, 9.17) is 5.26 Å². The number of phenolic OH excluding ortho intramolecular Hbond substituents is 1. The van der Waals surface area contributed by atoms with E-state index in [9.17, 15) is 23.1 Å². The van der Waals surface area contributed by atoms with Gasteiger partial charge in [0.25, 0.3) is 0 Å². The summed E-state index contributed by atoms with van der Waals surface area (Å²) < 4.78 is 38.6. The van der Waals surface area contributed by atoms with Crippen LogP contribution in [0.4, 0.5) is 13.2 Å². The van der Waals surface area contributed by atoms with Crippen molar-refractivity contribution in [2.45, 2.75) is 44.3 Å². The van der Waals surface area contributed by atoms with Gasteiger partial charge in [-0.25, -0.2) is 0 Å². The van der Waals surface area contributed by atoms with Crippen LogP contribution >= 0.6 is 0 Å². The topological polar surface area (TPSA) is 64.3 Å². The number of hydrogen-bond donors (Lipinski definition) is 1. The Hall–Kier alpha value is -2.23. The molecule has 1 saturated heterocycles. The normalized spacial score (nSPS) is 28.9. The second-order valence-corrected chi connectivity index (χ2v) is 6.86. The molecule has 24 heavy (non-hydrogen) atoms. The molecule has 3 rings (SSSR count). The molecule has 1 aliphatic heterocycles. The molecule has 1 aromatic rings. The van der Waals surface area contributed by atoms with Crippen LogP contribution in [0, 0.1) is 17.2 Å². The van der Waals surface area contributed by atoms with Crippen LogP contribution in [0.1, 0.15) is 37.0 Å². The summed E-state index contributed by atoms with van der Waals surface area (Å²) in [6, 6.07) is 4.40. The Labute approximate surface area is 137 Å². The van der Waals surface area contributed by atoms with Gasteiger partial charge in [0.1, 0.15) is 11.8 Å². The number of benzene rings is 1. The standard InChI is InChI=1S/C17H17F3N2O2/c1-9-13-6-10-5-11(8-21)14(23)7-12(10)16(9,2)3-4-22(13)15(24)17(18,19)20/h5,7,9,13,23H,3-4,6H2,1-2H3/t9-,13+,16+/m0/s1. The molecule has 0 unspecified atom stereocenters. The lowest BCUT2D eigenvalue weighted by Crippen LogP contribution is -2.61. The van der Waals surface area contributed by atoms with Crippen molar-refractivity contribution in [1.82, 2.24) is 4.90 Å². The predicted octanol–water partition coefficient (Wildman–Crippen LogP) is 2.88. The highest BCUT2D eigenvalue weighted by molar-refractivity contribution is 5.82. The van der Waals surface area contributed by atoms with E-state index in [1.165, 1.54) is 6.07 Å². The summed E-state index contributed by atoms with van der Waals surface area (Å²) in [4.78, 5) is 12.7. The number of likely N-dealkylation sites (tertiary alicyclic amines) is 1. The van der Waals surface area contributed by atoms with Crippen LogP contribution in [0.15, 0.2) is 12.1 Å². The first kappa shape index (κ1) is 16.6. The van der Waals surface area contributed by atoms with E-state index < -0.39 is 23.5 Å². The minimum absolute atomic E-state index is 0.0318. The van der Waals surface area contributed by atoms with Gasteiger partial charge in [-0.15, -0.1) is 0 Å². The van der Waals surface area contributed by atoms with Crippen molar-refractivity contribution in [3.8, 4) is 11.8 Å². The molecule has 0 radical (unpaired) electrons. The van der Waals surface area contributed by atoms with Crippen LogP contribution in [-0.4, -0.2) is 34.7 Å². The van der Waals surface area contributed by atoms with Gasteiger partial charge in [-0.05, 0) is 47.4 Å². The summed E-state index contributed by atoms with van der Waals surface area (Å²) >= 11 is 0. The van der Waals surface area contributed by atoms with Crippen molar-refractivity contribution in [3.05, 3.63) is 28.8 Å². The Morgan fingerprint density at radius 2 is 2.12 bits per heavy atom. The van der Waals surface area contributed by atoms with E-state index in [1.807, 2.05) is 19.9 Å². The van der Waals surface area contributed by atoms with E-state index in [-0.39, 0.29) is 30.2 Å². The molecule has 0 aromatic heterocycles. The first-order valence-electron chi connectivity index (χ1n) is 7.74. The average Bonchev–Trinajstić information content (AvgIpc) is 2.50. The molecule has 0 saturated carbocycles. The summed E-state index contributed by atoms with van der Waals surface area (Å²) in [6.07, 6.45) is -4.26. The van der Waals surface area contributed by atoms with Crippen LogP contribution in [0.25, 0.3) is 0 Å². The van der Waals surface area contributed by atoms with E-state index >= 15 is 0 Å². The summed E-state index contributed by atoms with van der Waals surface area (Å²) in [5.74, 6) is -2.10. The second-order valence-electron chi connectivity index (χ2n) is 6.86. The molecule has 1 aliphatic carbocycles. The molecule has 7 heteroatoms. The number of nitrogens with zero attached hydrogens (tertiary/aromatic N) is 2. The largest absolute Gasteiger partial charge is 0.507 e. The lowest BCUT2D eigenvalue weighted by molar-refractivity contribution is -0.192. The molecular formula is C17H17F3N2O2. The summed E-state index contributed by atoms with van der Waals surface area (Å²) in [7, 11) is 0. The monoisotopic (exact) mass is 338 g/mol. The first-order chi connectivity index (χ1) is 11.1. The number of carbonyl (C=O) groups is 1. The Bertz CT molecular complexity index is 753. The van der Waals surface area contributed by atoms with Crippen molar-refractivity contribution < 1.29 is 23.1 Å². The molecule has 3 atom stereocenters. The number of rotatable bonds is 0. The number of piperidine rings is 1. The number of phenols is 1. The van der Waals surface area contributed by atoms with Gasteiger partial charge in [0.05, 0.1) is 5.56 Å². The Morgan fingerprint density at radius 3 is 2.71 bits per heavy atom. The third-order valence-corrected chi connectivity index (χ3v) is 5.74. The van der Waals surface area contributed by atoms with Crippen LogP contribution in [0.3, 0.4) is 0 Å². The van der Waals surface area contributed by atoms with Gasteiger partial charge in [0.15, 0.2) is 0 Å². The average molecular weight is 338 g/mol. The summed E-state index contributed by atoms with van der Waals surface area (Å²) in [5.41, 5.74) is 1.25. The van der Waals surface area contributed by atoms with Crippen LogP contribution in [0.2, 0.25) is 0 Å². The number of hydrogen-bond acceptors (Lipinski definition) is 3. The number of alkyl halides is 3. The maximum atomic E-state index is 12.9. The third kappa shape index (κ3) is 2.24. The zero-order chi connectivity index (χ0) is 17.9. The minimum Gasteiger partial charge on any atom is -0.507 e. The number of nitriles is 1. The fourth-order valence-corrected chi connectivity index (χ4v) is 4.17. The molecule has 1 fully saturated rings. The zero-order valence-corrected chi connectivity index (χ0v) is 13.3. The molecule has 0 spiro atoms. The fourth-order valence-electron chi connectivity index (χ4n) is 4.17. The molecule has 4 nitrogen and oxygen atoms in total.